The average molecular weight is 274 g/mol. The Morgan fingerprint density at radius 1 is 1.15 bits per heavy atom. The first-order chi connectivity index (χ1) is 9.76. The summed E-state index contributed by atoms with van der Waals surface area (Å²) in [6.07, 6.45) is 6.58. The van der Waals surface area contributed by atoms with E-state index in [-0.39, 0.29) is 0 Å². The van der Waals surface area contributed by atoms with E-state index in [4.69, 9.17) is 0 Å². The Morgan fingerprint density at radius 2 is 1.90 bits per heavy atom. The number of rotatable bonds is 5. The molecule has 0 aliphatic carbocycles. The summed E-state index contributed by atoms with van der Waals surface area (Å²) in [5.74, 6) is 0. The van der Waals surface area contributed by atoms with Crippen molar-refractivity contribution in [3.05, 3.63) is 29.8 Å². The summed E-state index contributed by atoms with van der Waals surface area (Å²) in [5.41, 5.74) is 2.81. The second-order valence-electron chi connectivity index (χ2n) is 6.00. The Balaban J connectivity index is 2.10. The van der Waals surface area contributed by atoms with Gasteiger partial charge in [-0.3, -0.25) is 0 Å². The Morgan fingerprint density at radius 3 is 2.55 bits per heavy atom. The minimum absolute atomic E-state index is 0.496. The van der Waals surface area contributed by atoms with Crippen molar-refractivity contribution in [2.24, 2.45) is 0 Å². The molecule has 1 aromatic rings. The van der Waals surface area contributed by atoms with Crippen molar-refractivity contribution in [1.82, 2.24) is 5.32 Å². The van der Waals surface area contributed by atoms with Gasteiger partial charge in [0, 0.05) is 24.3 Å². The van der Waals surface area contributed by atoms with Gasteiger partial charge >= 0.3 is 0 Å². The molecular formula is C18H30N2. The molecule has 2 rings (SSSR count). The van der Waals surface area contributed by atoms with Gasteiger partial charge in [0.1, 0.15) is 0 Å². The maximum Gasteiger partial charge on any atom is 0.0368 e. The first kappa shape index (κ1) is 15.4. The van der Waals surface area contributed by atoms with Crippen molar-refractivity contribution in [1.29, 1.82) is 0 Å². The number of hydrogen-bond acceptors (Lipinski definition) is 2. The van der Waals surface area contributed by atoms with E-state index in [2.05, 4.69) is 55.3 Å². The van der Waals surface area contributed by atoms with Crippen LogP contribution in [0.15, 0.2) is 24.3 Å². The van der Waals surface area contributed by atoms with Gasteiger partial charge < -0.3 is 10.2 Å². The topological polar surface area (TPSA) is 15.3 Å². The van der Waals surface area contributed by atoms with Crippen LogP contribution >= 0.6 is 0 Å². The number of anilines is 1. The summed E-state index contributed by atoms with van der Waals surface area (Å²) in [6, 6.07) is 10.4. The van der Waals surface area contributed by atoms with Crippen molar-refractivity contribution in [2.75, 3.05) is 18.0 Å². The van der Waals surface area contributed by atoms with Gasteiger partial charge in [0.2, 0.25) is 0 Å². The van der Waals surface area contributed by atoms with Crippen LogP contribution in [0.25, 0.3) is 0 Å². The molecule has 0 amide bonds. The molecule has 2 unspecified atom stereocenters. The van der Waals surface area contributed by atoms with Gasteiger partial charge in [0.05, 0.1) is 0 Å². The third-order valence-corrected chi connectivity index (χ3v) is 4.54. The van der Waals surface area contributed by atoms with E-state index < -0.39 is 0 Å². The maximum absolute atomic E-state index is 3.55. The van der Waals surface area contributed by atoms with Crippen LogP contribution in [-0.2, 0) is 0 Å². The summed E-state index contributed by atoms with van der Waals surface area (Å²) >= 11 is 0. The lowest BCUT2D eigenvalue weighted by Gasteiger charge is -2.30. The summed E-state index contributed by atoms with van der Waals surface area (Å²) in [7, 11) is 0. The minimum Gasteiger partial charge on any atom is -0.369 e. The number of benzene rings is 1. The average Bonchev–Trinajstić information content (AvgIpc) is 2.70. The second kappa shape index (κ2) is 7.68. The molecule has 0 saturated carbocycles. The second-order valence-corrected chi connectivity index (χ2v) is 6.00. The van der Waals surface area contributed by atoms with Crippen molar-refractivity contribution in [3.63, 3.8) is 0 Å². The lowest BCUT2D eigenvalue weighted by Crippen LogP contribution is -2.32. The number of hydrogen-bond donors (Lipinski definition) is 1. The molecule has 0 aromatic heterocycles. The molecule has 2 heteroatoms. The fourth-order valence-corrected chi connectivity index (χ4v) is 3.30. The monoisotopic (exact) mass is 274 g/mol. The van der Waals surface area contributed by atoms with Crippen LogP contribution < -0.4 is 10.2 Å². The van der Waals surface area contributed by atoms with Gasteiger partial charge in [0.15, 0.2) is 0 Å². The lowest BCUT2D eigenvalue weighted by molar-refractivity contribution is 0.537. The number of nitrogens with one attached hydrogen (secondary N) is 1. The Labute approximate surface area is 124 Å². The zero-order valence-electron chi connectivity index (χ0n) is 13.4. The van der Waals surface area contributed by atoms with Gasteiger partial charge in [-0.1, -0.05) is 38.8 Å². The predicted molar refractivity (Wildman–Crippen MR) is 88.4 cm³/mol. The van der Waals surface area contributed by atoms with Gasteiger partial charge in [-0.15, -0.1) is 0 Å². The molecule has 20 heavy (non-hydrogen) atoms. The zero-order chi connectivity index (χ0) is 14.4. The molecule has 1 aromatic carbocycles. The molecule has 0 bridgehead atoms. The molecule has 1 aliphatic rings. The van der Waals surface area contributed by atoms with E-state index in [0.717, 1.165) is 13.0 Å². The first-order valence-electron chi connectivity index (χ1n) is 8.36. The summed E-state index contributed by atoms with van der Waals surface area (Å²) in [5, 5.41) is 3.55. The fourth-order valence-electron chi connectivity index (χ4n) is 3.30. The summed E-state index contributed by atoms with van der Waals surface area (Å²) in [4.78, 5) is 2.59. The van der Waals surface area contributed by atoms with Crippen LogP contribution in [0, 0.1) is 0 Å². The third-order valence-electron chi connectivity index (χ3n) is 4.54. The molecule has 1 saturated heterocycles. The van der Waals surface area contributed by atoms with Crippen molar-refractivity contribution < 1.29 is 0 Å². The van der Waals surface area contributed by atoms with Crippen LogP contribution in [0.4, 0.5) is 5.69 Å². The number of nitrogens with zero attached hydrogens (tertiary/aromatic N) is 1. The molecule has 1 fully saturated rings. The van der Waals surface area contributed by atoms with Gasteiger partial charge in [0.25, 0.3) is 0 Å². The Hall–Kier alpha value is -1.02. The fraction of sp³-hybridized carbons (Fsp3) is 0.667. The maximum atomic E-state index is 3.55. The molecule has 0 radical (unpaired) electrons. The van der Waals surface area contributed by atoms with E-state index in [1.54, 1.807) is 0 Å². The molecule has 2 nitrogen and oxygen atoms in total. The van der Waals surface area contributed by atoms with Crippen LogP contribution in [0.5, 0.6) is 0 Å². The van der Waals surface area contributed by atoms with Crippen LogP contribution in [0.1, 0.15) is 64.5 Å². The van der Waals surface area contributed by atoms with Gasteiger partial charge in [-0.2, -0.15) is 0 Å². The van der Waals surface area contributed by atoms with Crippen LogP contribution in [0.2, 0.25) is 0 Å². The highest BCUT2D eigenvalue weighted by Crippen LogP contribution is 2.26. The SMILES string of the molecule is CCNC(CC)c1ccc(N2CCCCCC2C)cc1. The molecule has 0 spiro atoms. The molecule has 2 atom stereocenters. The molecular weight excluding hydrogens is 244 g/mol. The highest BCUT2D eigenvalue weighted by molar-refractivity contribution is 5.49. The summed E-state index contributed by atoms with van der Waals surface area (Å²) in [6.45, 7) is 9.04. The highest BCUT2D eigenvalue weighted by Gasteiger charge is 2.17. The van der Waals surface area contributed by atoms with Gasteiger partial charge in [-0.05, 0) is 50.4 Å². The largest absolute Gasteiger partial charge is 0.369 e. The van der Waals surface area contributed by atoms with Crippen LogP contribution in [0.3, 0.4) is 0 Å². The normalized spacial score (nSPS) is 21.6. The van der Waals surface area contributed by atoms with Crippen molar-refractivity contribution >= 4 is 5.69 Å². The van der Waals surface area contributed by atoms with E-state index in [0.29, 0.717) is 12.1 Å². The van der Waals surface area contributed by atoms with E-state index in [1.807, 2.05) is 0 Å². The predicted octanol–water partition coefficient (Wildman–Crippen LogP) is 4.52. The Kier molecular flexibility index (Phi) is 5.90. The minimum atomic E-state index is 0.496. The van der Waals surface area contributed by atoms with Crippen molar-refractivity contribution in [3.8, 4) is 0 Å². The Bertz CT molecular complexity index is 385. The molecule has 1 N–H and O–H groups in total. The molecule has 112 valence electrons. The van der Waals surface area contributed by atoms with E-state index in [1.165, 1.54) is 43.5 Å². The highest BCUT2D eigenvalue weighted by atomic mass is 15.2. The van der Waals surface area contributed by atoms with E-state index in [9.17, 15) is 0 Å². The zero-order valence-corrected chi connectivity index (χ0v) is 13.4. The summed E-state index contributed by atoms with van der Waals surface area (Å²) < 4.78 is 0. The van der Waals surface area contributed by atoms with Crippen LogP contribution in [-0.4, -0.2) is 19.1 Å². The third kappa shape index (κ3) is 3.76. The molecule has 1 heterocycles. The van der Waals surface area contributed by atoms with E-state index >= 15 is 0 Å². The standard InChI is InChI=1S/C18H30N2/c1-4-18(19-5-2)16-10-12-17(13-11-16)20-14-8-6-7-9-15(20)3/h10-13,15,18-19H,4-9,14H2,1-3H3. The quantitative estimate of drug-likeness (QED) is 0.849. The lowest BCUT2D eigenvalue weighted by atomic mass is 10.0. The van der Waals surface area contributed by atoms with Gasteiger partial charge in [-0.25, -0.2) is 0 Å². The van der Waals surface area contributed by atoms with Crippen molar-refractivity contribution in [2.45, 2.75) is 65.0 Å². The molecule has 1 aliphatic heterocycles. The smallest absolute Gasteiger partial charge is 0.0368 e. The first-order valence-corrected chi connectivity index (χ1v) is 8.36.